The number of urea groups is 1. The molecule has 0 saturated carbocycles. The zero-order chi connectivity index (χ0) is 32.0. The molecule has 1 fully saturated rings. The van der Waals surface area contributed by atoms with Crippen LogP contribution >= 0.6 is 11.8 Å². The fraction of sp³-hybridized carbons (Fsp3) is 0.500. The first kappa shape index (κ1) is 32.6. The Kier molecular flexibility index (Phi) is 10.6. The minimum Gasteiger partial charge on any atom is -0.495 e. The number of halogens is 3. The third-order valence-electron chi connectivity index (χ3n) is 8.37. The van der Waals surface area contributed by atoms with Crippen molar-refractivity contribution in [3.05, 3.63) is 53.7 Å². The molecule has 9 nitrogen and oxygen atoms in total. The molecule has 5 aliphatic rings. The summed E-state index contributed by atoms with van der Waals surface area (Å²) in [5.41, 5.74) is -2.12. The number of hydrogen-bond acceptors (Lipinski definition) is 6. The highest BCUT2D eigenvalue weighted by Crippen LogP contribution is 2.42. The molecule has 244 valence electrons. The van der Waals surface area contributed by atoms with Gasteiger partial charge in [-0.2, -0.15) is 13.2 Å². The first-order chi connectivity index (χ1) is 21.7. The van der Waals surface area contributed by atoms with Crippen LogP contribution in [0.25, 0.3) is 5.52 Å². The number of thioether (sulfide) groups is 1. The van der Waals surface area contributed by atoms with Crippen molar-refractivity contribution < 1.29 is 27.5 Å². The van der Waals surface area contributed by atoms with Crippen LogP contribution in [-0.2, 0) is 6.42 Å². The second-order valence-electron chi connectivity index (χ2n) is 11.4. The van der Waals surface area contributed by atoms with Crippen LogP contribution in [0.3, 0.4) is 0 Å². The molecule has 7 heterocycles. The number of carbonyl (C=O) groups excluding carboxylic acids is 2. The van der Waals surface area contributed by atoms with Gasteiger partial charge in [0.05, 0.1) is 18.3 Å². The second kappa shape index (κ2) is 14.6. The molecule has 2 aromatic heterocycles. The van der Waals surface area contributed by atoms with Crippen LogP contribution in [0, 0.1) is 0 Å². The first-order valence-corrected chi connectivity index (χ1v) is 16.4. The molecular formula is C32H41F3N6O3S. The van der Waals surface area contributed by atoms with Gasteiger partial charge in [-0.15, -0.1) is 0 Å². The molecule has 1 aromatic carbocycles. The largest absolute Gasteiger partial charge is 0.495 e. The van der Waals surface area contributed by atoms with Gasteiger partial charge in [0.2, 0.25) is 0 Å². The van der Waals surface area contributed by atoms with E-state index >= 15 is 0 Å². The van der Waals surface area contributed by atoms with Gasteiger partial charge >= 0.3 is 11.5 Å². The maximum atomic E-state index is 13.7. The maximum absolute atomic E-state index is 13.7. The number of alkyl halides is 3. The molecule has 0 unspecified atom stereocenters. The van der Waals surface area contributed by atoms with Crippen molar-refractivity contribution in [3.63, 3.8) is 0 Å². The lowest BCUT2D eigenvalue weighted by atomic mass is 10.1. The monoisotopic (exact) mass is 646 g/mol. The van der Waals surface area contributed by atoms with Crippen LogP contribution in [0.1, 0.15) is 54.9 Å². The lowest BCUT2D eigenvalue weighted by Gasteiger charge is -2.36. The lowest BCUT2D eigenvalue weighted by Crippen LogP contribution is -2.48. The Morgan fingerprint density at radius 3 is 2.51 bits per heavy atom. The molecule has 13 heteroatoms. The Hall–Kier alpha value is -3.74. The van der Waals surface area contributed by atoms with Crippen molar-refractivity contribution in [2.45, 2.75) is 61.9 Å². The number of rotatable bonds is 3. The second-order valence-corrected chi connectivity index (χ2v) is 12.4. The number of amides is 3. The van der Waals surface area contributed by atoms with Gasteiger partial charge in [0.15, 0.2) is 0 Å². The predicted octanol–water partition coefficient (Wildman–Crippen LogP) is 6.45. The van der Waals surface area contributed by atoms with E-state index in [-0.39, 0.29) is 34.6 Å². The molecule has 0 radical (unpaired) electrons. The number of anilines is 2. The number of carbonyl (C=O) groups is 2. The van der Waals surface area contributed by atoms with Crippen LogP contribution in [-0.4, -0.2) is 84.1 Å². The Bertz CT molecular complexity index is 1490. The molecule has 45 heavy (non-hydrogen) atoms. The van der Waals surface area contributed by atoms with Crippen molar-refractivity contribution in [1.29, 1.82) is 0 Å². The van der Waals surface area contributed by atoms with Gasteiger partial charge in [-0.05, 0) is 93.1 Å². The number of aryl methyl sites for hydroxylation is 1. The molecule has 3 aromatic rings. The highest BCUT2D eigenvalue weighted by atomic mass is 32.2. The molecule has 0 atom stereocenters. The standard InChI is InChI=1S/C32H41F3N6O3S/c1-3-39-17-5-4-15-37-30(42)22-11-12-25(27(20-22)44-2)36-16-7-8-23-21-41-26(29(23)45-32(33,34)35)9-6-10-28(41)38-24-13-18-40(19-14-24)31(39)43/h6,9-12,20-21,24,36,38H,3-5,7-8,13-19H2,1-2H3,(H,37,42). The summed E-state index contributed by atoms with van der Waals surface area (Å²) in [6.45, 7) is 5.36. The zero-order valence-electron chi connectivity index (χ0n) is 25.7. The van der Waals surface area contributed by atoms with Gasteiger partial charge in [-0.1, -0.05) is 6.07 Å². The van der Waals surface area contributed by atoms with E-state index in [2.05, 4.69) is 16.0 Å². The van der Waals surface area contributed by atoms with Crippen LogP contribution in [0.5, 0.6) is 5.75 Å². The topological polar surface area (TPSA) is 90.3 Å². The molecule has 5 aliphatic heterocycles. The number of ether oxygens (including phenoxy) is 1. The molecule has 1 saturated heterocycles. The molecule has 3 amide bonds. The van der Waals surface area contributed by atoms with Crippen molar-refractivity contribution >= 4 is 40.7 Å². The van der Waals surface area contributed by atoms with Gasteiger partial charge < -0.3 is 34.9 Å². The third-order valence-corrected chi connectivity index (χ3v) is 9.27. The summed E-state index contributed by atoms with van der Waals surface area (Å²) in [6, 6.07) is 10.7. The number of methoxy groups -OCH3 is 1. The fourth-order valence-electron chi connectivity index (χ4n) is 5.98. The summed E-state index contributed by atoms with van der Waals surface area (Å²) in [4.78, 5) is 30.0. The summed E-state index contributed by atoms with van der Waals surface area (Å²) in [6.07, 6.45) is 5.80. The Morgan fingerprint density at radius 2 is 1.78 bits per heavy atom. The Morgan fingerprint density at radius 1 is 1.00 bits per heavy atom. The van der Waals surface area contributed by atoms with Crippen molar-refractivity contribution in [2.75, 3.05) is 57.0 Å². The van der Waals surface area contributed by atoms with E-state index in [0.717, 1.165) is 31.5 Å². The van der Waals surface area contributed by atoms with E-state index in [9.17, 15) is 22.8 Å². The minimum atomic E-state index is -4.42. The number of pyridine rings is 1. The van der Waals surface area contributed by atoms with Crippen LogP contribution < -0.4 is 20.7 Å². The first-order valence-electron chi connectivity index (χ1n) is 15.6. The Balaban J connectivity index is 1.41. The van der Waals surface area contributed by atoms with E-state index in [0.29, 0.717) is 80.2 Å². The normalized spacial score (nSPS) is 18.0. The number of aromatic nitrogens is 1. The summed E-state index contributed by atoms with van der Waals surface area (Å²) < 4.78 is 48.4. The maximum Gasteiger partial charge on any atom is 0.446 e. The summed E-state index contributed by atoms with van der Waals surface area (Å²) >= 11 is -0.0735. The lowest BCUT2D eigenvalue weighted by molar-refractivity contribution is -0.0328. The van der Waals surface area contributed by atoms with Gasteiger partial charge in [0.1, 0.15) is 11.6 Å². The number of nitrogens with zero attached hydrogens (tertiary/aromatic N) is 3. The van der Waals surface area contributed by atoms with Gasteiger partial charge in [0.25, 0.3) is 5.91 Å². The molecule has 3 N–H and O–H groups in total. The van der Waals surface area contributed by atoms with E-state index < -0.39 is 5.51 Å². The number of benzene rings is 1. The van der Waals surface area contributed by atoms with Crippen molar-refractivity contribution in [1.82, 2.24) is 19.5 Å². The van der Waals surface area contributed by atoms with Crippen LogP contribution in [0.2, 0.25) is 0 Å². The van der Waals surface area contributed by atoms with E-state index in [4.69, 9.17) is 4.74 Å². The zero-order valence-corrected chi connectivity index (χ0v) is 26.5. The van der Waals surface area contributed by atoms with E-state index in [1.54, 1.807) is 36.5 Å². The summed E-state index contributed by atoms with van der Waals surface area (Å²) in [5, 5.41) is 9.81. The van der Waals surface area contributed by atoms with Gasteiger partial charge in [-0.3, -0.25) is 4.79 Å². The molecule has 6 bridgehead atoms. The number of nitrogens with one attached hydrogen (secondary N) is 3. The Labute approximate surface area is 265 Å². The third kappa shape index (κ3) is 8.11. The molecule has 0 spiro atoms. The molecular weight excluding hydrogens is 605 g/mol. The quantitative estimate of drug-likeness (QED) is 0.284. The van der Waals surface area contributed by atoms with Gasteiger partial charge in [0, 0.05) is 62.0 Å². The average molecular weight is 647 g/mol. The van der Waals surface area contributed by atoms with E-state index in [1.165, 1.54) is 7.11 Å². The van der Waals surface area contributed by atoms with E-state index in [1.807, 2.05) is 27.2 Å². The highest BCUT2D eigenvalue weighted by Gasteiger charge is 2.33. The smallest absolute Gasteiger partial charge is 0.446 e. The highest BCUT2D eigenvalue weighted by molar-refractivity contribution is 8.00. The van der Waals surface area contributed by atoms with Crippen molar-refractivity contribution in [3.8, 4) is 5.75 Å². The number of hydrogen-bond donors (Lipinski definition) is 3. The fourth-order valence-corrected chi connectivity index (χ4v) is 6.77. The van der Waals surface area contributed by atoms with Crippen molar-refractivity contribution in [2.24, 2.45) is 0 Å². The van der Waals surface area contributed by atoms with Crippen LogP contribution in [0.4, 0.5) is 29.5 Å². The molecule has 0 aliphatic carbocycles. The minimum absolute atomic E-state index is 0.0114. The van der Waals surface area contributed by atoms with Crippen LogP contribution in [0.15, 0.2) is 47.5 Å². The molecule has 8 rings (SSSR count). The number of piperidine rings is 1. The average Bonchev–Trinajstić information content (AvgIpc) is 3.37. The van der Waals surface area contributed by atoms with Gasteiger partial charge in [-0.25, -0.2) is 4.79 Å². The summed E-state index contributed by atoms with van der Waals surface area (Å²) in [5.74, 6) is 1.04. The summed E-state index contributed by atoms with van der Waals surface area (Å²) in [7, 11) is 1.53. The SMILES string of the molecule is CCN1CCCCNC(=O)c2ccc(c(OC)c2)NCCCc2cn3c(cccc3c2SC(F)(F)F)NC2CCN(CC2)C1=O. The predicted molar refractivity (Wildman–Crippen MR) is 172 cm³/mol.